The molecule has 0 aliphatic heterocycles. The Hall–Kier alpha value is -2.01. The van der Waals surface area contributed by atoms with Crippen LogP contribution in [0.15, 0.2) is 35.4 Å². The third-order valence-electron chi connectivity index (χ3n) is 4.57. The van der Waals surface area contributed by atoms with E-state index in [1.165, 1.54) is 35.4 Å². The topological polar surface area (TPSA) is 41.5 Å². The van der Waals surface area contributed by atoms with Crippen LogP contribution in [-0.2, 0) is 12.8 Å². The molecule has 3 rings (SSSR count). The lowest BCUT2D eigenvalue weighted by Gasteiger charge is -2.19. The average molecular weight is 344 g/mol. The highest BCUT2D eigenvalue weighted by molar-refractivity contribution is 7.14. The molecule has 1 aromatic carbocycles. The Morgan fingerprint density at radius 3 is 2.83 bits per heavy atom. The number of aryl methyl sites for hydroxylation is 1. The first kappa shape index (κ1) is 16.8. The van der Waals surface area contributed by atoms with Gasteiger partial charge in [-0.2, -0.15) is 5.10 Å². The van der Waals surface area contributed by atoms with Gasteiger partial charge in [0, 0.05) is 4.88 Å². The first-order valence-corrected chi connectivity index (χ1v) is 9.10. The minimum atomic E-state index is -0.287. The third-order valence-corrected chi connectivity index (χ3v) is 5.81. The molecule has 3 nitrogen and oxygen atoms in total. The predicted octanol–water partition coefficient (Wildman–Crippen LogP) is 4.56. The first-order valence-electron chi connectivity index (χ1n) is 8.29. The predicted molar refractivity (Wildman–Crippen MR) is 96.2 cm³/mol. The molecule has 1 heterocycles. The minimum Gasteiger partial charge on any atom is -0.266 e. The number of nitrogens with one attached hydrogen (secondary N) is 1. The first-order chi connectivity index (χ1) is 11.6. The van der Waals surface area contributed by atoms with Crippen LogP contribution in [0.2, 0.25) is 0 Å². The van der Waals surface area contributed by atoms with Crippen molar-refractivity contribution in [2.75, 3.05) is 0 Å². The Bertz CT molecular complexity index is 764. The van der Waals surface area contributed by atoms with E-state index in [9.17, 15) is 9.18 Å². The second-order valence-electron chi connectivity index (χ2n) is 6.22. The largest absolute Gasteiger partial charge is 0.281 e. The van der Waals surface area contributed by atoms with Gasteiger partial charge in [0.15, 0.2) is 0 Å². The summed E-state index contributed by atoms with van der Waals surface area (Å²) in [6, 6.07) is 8.07. The number of rotatable bonds is 4. The van der Waals surface area contributed by atoms with Gasteiger partial charge in [0.05, 0.1) is 10.6 Å². The zero-order valence-corrected chi connectivity index (χ0v) is 14.8. The minimum absolute atomic E-state index is 0.177. The lowest BCUT2D eigenvalue weighted by molar-refractivity contribution is 0.0959. The summed E-state index contributed by atoms with van der Waals surface area (Å²) >= 11 is 1.57. The van der Waals surface area contributed by atoms with Gasteiger partial charge in [-0.1, -0.05) is 25.5 Å². The molecule has 0 spiro atoms. The summed E-state index contributed by atoms with van der Waals surface area (Å²) in [5.41, 5.74) is 5.37. The van der Waals surface area contributed by atoms with Gasteiger partial charge in [-0.25, -0.2) is 9.82 Å². The number of carbonyl (C=O) groups is 1. The van der Waals surface area contributed by atoms with E-state index >= 15 is 0 Å². The number of benzene rings is 1. The van der Waals surface area contributed by atoms with Crippen LogP contribution in [0.4, 0.5) is 4.39 Å². The molecule has 5 heteroatoms. The van der Waals surface area contributed by atoms with E-state index < -0.39 is 0 Å². The fourth-order valence-corrected chi connectivity index (χ4v) is 4.10. The van der Waals surface area contributed by atoms with Crippen molar-refractivity contribution in [3.63, 3.8) is 0 Å². The fourth-order valence-electron chi connectivity index (χ4n) is 3.00. The van der Waals surface area contributed by atoms with Gasteiger partial charge < -0.3 is 0 Å². The summed E-state index contributed by atoms with van der Waals surface area (Å²) in [4.78, 5) is 14.4. The molecule has 1 aromatic heterocycles. The lowest BCUT2D eigenvalue weighted by Crippen LogP contribution is -2.18. The Balaban J connectivity index is 1.68. The van der Waals surface area contributed by atoms with E-state index in [1.54, 1.807) is 30.4 Å². The molecule has 1 N–H and O–H groups in total. The van der Waals surface area contributed by atoms with Crippen LogP contribution in [0, 0.1) is 11.7 Å². The molecule has 1 amide bonds. The molecule has 0 saturated carbocycles. The number of hydrogen-bond donors (Lipinski definition) is 1. The highest BCUT2D eigenvalue weighted by Gasteiger charge is 2.21. The van der Waals surface area contributed by atoms with Gasteiger partial charge in [-0.15, -0.1) is 11.3 Å². The Morgan fingerprint density at radius 2 is 2.12 bits per heavy atom. The quantitative estimate of drug-likeness (QED) is 0.641. The Morgan fingerprint density at radius 1 is 1.38 bits per heavy atom. The highest BCUT2D eigenvalue weighted by atomic mass is 32.1. The van der Waals surface area contributed by atoms with E-state index in [0.29, 0.717) is 10.6 Å². The molecule has 0 unspecified atom stereocenters. The average Bonchev–Trinajstić information content (AvgIpc) is 3.03. The molecule has 126 valence electrons. The molecule has 0 saturated heterocycles. The maximum Gasteiger partial charge on any atom is 0.281 e. The number of nitrogens with zero attached hydrogens (tertiary/aromatic N) is 1. The maximum absolute atomic E-state index is 12.9. The SMILES string of the molecule is CC[C@@H]1CCc2sc(C(=O)N/N=C(/C)c3ccc(F)cc3)cc2C1. The van der Waals surface area contributed by atoms with Crippen molar-refractivity contribution in [3.05, 3.63) is 57.0 Å². The van der Waals surface area contributed by atoms with Crippen LogP contribution >= 0.6 is 11.3 Å². The van der Waals surface area contributed by atoms with Crippen LogP contribution in [0.1, 0.15) is 52.4 Å². The van der Waals surface area contributed by atoms with Gasteiger partial charge in [0.1, 0.15) is 5.82 Å². The van der Waals surface area contributed by atoms with Crippen LogP contribution < -0.4 is 5.43 Å². The Kier molecular flexibility index (Phi) is 5.09. The highest BCUT2D eigenvalue weighted by Crippen LogP contribution is 2.33. The van der Waals surface area contributed by atoms with Crippen molar-refractivity contribution >= 4 is 23.0 Å². The van der Waals surface area contributed by atoms with Crippen LogP contribution in [-0.4, -0.2) is 11.6 Å². The zero-order valence-electron chi connectivity index (χ0n) is 13.9. The summed E-state index contributed by atoms with van der Waals surface area (Å²) in [6.45, 7) is 4.02. The van der Waals surface area contributed by atoms with E-state index in [1.807, 2.05) is 6.07 Å². The number of amides is 1. The number of carbonyl (C=O) groups excluding carboxylic acids is 1. The lowest BCUT2D eigenvalue weighted by atomic mass is 9.87. The fraction of sp³-hybridized carbons (Fsp3) is 0.368. The van der Waals surface area contributed by atoms with Crippen molar-refractivity contribution in [1.29, 1.82) is 0 Å². The zero-order chi connectivity index (χ0) is 17.1. The number of thiophene rings is 1. The van der Waals surface area contributed by atoms with Crippen LogP contribution in [0.5, 0.6) is 0 Å². The van der Waals surface area contributed by atoms with Crippen molar-refractivity contribution in [3.8, 4) is 0 Å². The number of halogens is 1. The van der Waals surface area contributed by atoms with Gasteiger partial charge in [-0.05, 0) is 61.4 Å². The molecule has 0 radical (unpaired) electrons. The molecule has 24 heavy (non-hydrogen) atoms. The van der Waals surface area contributed by atoms with Gasteiger partial charge in [-0.3, -0.25) is 4.79 Å². The number of hydrogen-bond acceptors (Lipinski definition) is 3. The standard InChI is InChI=1S/C19H21FN2OS/c1-3-13-4-9-17-15(10-13)11-18(24-17)19(23)22-21-12(2)14-5-7-16(20)8-6-14/h5-8,11,13H,3-4,9-10H2,1-2H3,(H,22,23)/b21-12-/t13-/m1/s1. The molecule has 0 fully saturated rings. The van der Waals surface area contributed by atoms with Gasteiger partial charge in [0.25, 0.3) is 5.91 Å². The number of fused-ring (bicyclic) bond motifs is 1. The molecule has 2 aromatic rings. The molecule has 1 aliphatic carbocycles. The van der Waals surface area contributed by atoms with E-state index in [2.05, 4.69) is 17.5 Å². The van der Waals surface area contributed by atoms with Gasteiger partial charge in [0.2, 0.25) is 0 Å². The molecular formula is C19H21FN2OS. The van der Waals surface area contributed by atoms with E-state index in [-0.39, 0.29) is 11.7 Å². The summed E-state index contributed by atoms with van der Waals surface area (Å²) in [6.07, 6.45) is 4.56. The number of hydrazone groups is 1. The van der Waals surface area contributed by atoms with Crippen molar-refractivity contribution < 1.29 is 9.18 Å². The van der Waals surface area contributed by atoms with Crippen molar-refractivity contribution in [1.82, 2.24) is 5.43 Å². The second kappa shape index (κ2) is 7.26. The van der Waals surface area contributed by atoms with Crippen LogP contribution in [0.3, 0.4) is 0 Å². The van der Waals surface area contributed by atoms with E-state index in [4.69, 9.17) is 0 Å². The summed E-state index contributed by atoms with van der Waals surface area (Å²) in [7, 11) is 0. The smallest absolute Gasteiger partial charge is 0.266 e. The Labute approximate surface area is 145 Å². The van der Waals surface area contributed by atoms with Crippen molar-refractivity contribution in [2.45, 2.75) is 39.5 Å². The molecule has 1 atom stereocenters. The van der Waals surface area contributed by atoms with Crippen LogP contribution in [0.25, 0.3) is 0 Å². The summed E-state index contributed by atoms with van der Waals surface area (Å²) < 4.78 is 12.9. The second-order valence-corrected chi connectivity index (χ2v) is 7.36. The molecular weight excluding hydrogens is 323 g/mol. The monoisotopic (exact) mass is 344 g/mol. The summed E-state index contributed by atoms with van der Waals surface area (Å²) in [5, 5.41) is 4.14. The summed E-state index contributed by atoms with van der Waals surface area (Å²) in [5.74, 6) is 0.274. The van der Waals surface area contributed by atoms with Crippen molar-refractivity contribution in [2.24, 2.45) is 11.0 Å². The van der Waals surface area contributed by atoms with Gasteiger partial charge >= 0.3 is 0 Å². The molecule has 1 aliphatic rings. The van der Waals surface area contributed by atoms with E-state index in [0.717, 1.165) is 24.3 Å². The third kappa shape index (κ3) is 3.73. The normalized spacial score (nSPS) is 17.5. The maximum atomic E-state index is 12.9. The molecule has 0 bridgehead atoms.